The maximum absolute atomic E-state index is 10.5. The molecule has 0 unspecified atom stereocenters. The molecule has 2 aromatic rings. The minimum absolute atomic E-state index is 0.118. The Kier molecular flexibility index (Phi) is 4.29. The van der Waals surface area contributed by atoms with Gasteiger partial charge >= 0.3 is 0 Å². The summed E-state index contributed by atoms with van der Waals surface area (Å²) in [5, 5.41) is 14.9. The van der Waals surface area contributed by atoms with Gasteiger partial charge in [-0.1, -0.05) is 18.2 Å². The number of fused-ring (bicyclic) bond motifs is 1. The normalized spacial score (nSPS) is 30.2. The highest BCUT2D eigenvalue weighted by atomic mass is 16.5. The van der Waals surface area contributed by atoms with Crippen molar-refractivity contribution >= 4 is 0 Å². The minimum atomic E-state index is -0.294. The first kappa shape index (κ1) is 15.7. The van der Waals surface area contributed by atoms with Crippen molar-refractivity contribution in [1.29, 1.82) is 0 Å². The van der Waals surface area contributed by atoms with E-state index in [0.717, 1.165) is 38.2 Å². The minimum Gasteiger partial charge on any atom is -0.496 e. The van der Waals surface area contributed by atoms with Gasteiger partial charge in [0.1, 0.15) is 5.75 Å². The van der Waals surface area contributed by atoms with Crippen molar-refractivity contribution < 1.29 is 9.84 Å². The third kappa shape index (κ3) is 2.94. The van der Waals surface area contributed by atoms with E-state index in [0.29, 0.717) is 11.8 Å². The first-order valence-electron chi connectivity index (χ1n) is 8.76. The van der Waals surface area contributed by atoms with Gasteiger partial charge in [-0.25, -0.2) is 0 Å². The van der Waals surface area contributed by atoms with Crippen molar-refractivity contribution in [2.75, 3.05) is 20.2 Å². The molecule has 0 spiro atoms. The second kappa shape index (κ2) is 6.57. The van der Waals surface area contributed by atoms with E-state index in [1.807, 2.05) is 29.1 Å². The van der Waals surface area contributed by atoms with Crippen molar-refractivity contribution in [3.63, 3.8) is 0 Å². The number of para-hydroxylation sites is 1. The fourth-order valence-corrected chi connectivity index (χ4v) is 4.47. The molecule has 1 aliphatic heterocycles. The average Bonchev–Trinajstić information content (AvgIpc) is 3.23. The number of nitrogens with zero attached hydrogens (tertiary/aromatic N) is 3. The van der Waals surface area contributed by atoms with Crippen molar-refractivity contribution in [3.05, 3.63) is 48.3 Å². The summed E-state index contributed by atoms with van der Waals surface area (Å²) < 4.78 is 7.41. The predicted octanol–water partition coefficient (Wildman–Crippen LogP) is 2.34. The number of hydrogen-bond donors (Lipinski definition) is 1. The number of aromatic nitrogens is 2. The molecule has 2 heterocycles. The lowest BCUT2D eigenvalue weighted by atomic mass is 9.77. The molecule has 0 amide bonds. The van der Waals surface area contributed by atoms with Crippen molar-refractivity contribution in [1.82, 2.24) is 14.7 Å². The molecule has 2 fully saturated rings. The van der Waals surface area contributed by atoms with Gasteiger partial charge in [-0.15, -0.1) is 0 Å². The summed E-state index contributed by atoms with van der Waals surface area (Å²) in [6.07, 6.45) is 5.35. The van der Waals surface area contributed by atoms with Gasteiger partial charge in [-0.2, -0.15) is 5.10 Å². The number of methoxy groups -OCH3 is 1. The Morgan fingerprint density at radius 2 is 1.96 bits per heavy atom. The van der Waals surface area contributed by atoms with Crippen molar-refractivity contribution in [3.8, 4) is 5.75 Å². The topological polar surface area (TPSA) is 50.5 Å². The summed E-state index contributed by atoms with van der Waals surface area (Å²) in [6, 6.07) is 10.3. The van der Waals surface area contributed by atoms with Crippen LogP contribution in [0.5, 0.6) is 5.75 Å². The van der Waals surface area contributed by atoms with Crippen LogP contribution in [0.3, 0.4) is 0 Å². The molecule has 24 heavy (non-hydrogen) atoms. The van der Waals surface area contributed by atoms with Crippen LogP contribution in [0.25, 0.3) is 0 Å². The Bertz CT molecular complexity index is 673. The molecule has 1 saturated carbocycles. The van der Waals surface area contributed by atoms with Crippen LogP contribution in [0.4, 0.5) is 0 Å². The van der Waals surface area contributed by atoms with Crippen LogP contribution in [-0.4, -0.2) is 46.1 Å². The van der Waals surface area contributed by atoms with E-state index in [4.69, 9.17) is 4.74 Å². The molecule has 128 valence electrons. The summed E-state index contributed by atoms with van der Waals surface area (Å²) in [7, 11) is 1.73. The summed E-state index contributed by atoms with van der Waals surface area (Å²) in [6.45, 7) is 3.07. The average molecular weight is 327 g/mol. The molecule has 5 nitrogen and oxygen atoms in total. The molecule has 1 N–H and O–H groups in total. The molecule has 1 saturated heterocycles. The molecule has 0 bridgehead atoms. The van der Waals surface area contributed by atoms with E-state index in [-0.39, 0.29) is 12.1 Å². The zero-order valence-corrected chi connectivity index (χ0v) is 14.1. The number of hydrogen-bond acceptors (Lipinski definition) is 4. The molecule has 1 aromatic heterocycles. The molecular weight excluding hydrogens is 302 g/mol. The summed E-state index contributed by atoms with van der Waals surface area (Å²) in [5.74, 6) is 2.18. The lowest BCUT2D eigenvalue weighted by Gasteiger charge is -2.35. The highest BCUT2D eigenvalue weighted by Crippen LogP contribution is 2.41. The van der Waals surface area contributed by atoms with E-state index in [9.17, 15) is 5.11 Å². The third-order valence-corrected chi connectivity index (χ3v) is 5.64. The lowest BCUT2D eigenvalue weighted by molar-refractivity contribution is 0.0306. The highest BCUT2D eigenvalue weighted by molar-refractivity contribution is 5.33. The van der Waals surface area contributed by atoms with Gasteiger partial charge in [0, 0.05) is 37.6 Å². The summed E-state index contributed by atoms with van der Waals surface area (Å²) in [4.78, 5) is 2.51. The zero-order valence-electron chi connectivity index (χ0n) is 14.1. The van der Waals surface area contributed by atoms with E-state index >= 15 is 0 Å². The third-order valence-electron chi connectivity index (χ3n) is 5.64. The van der Waals surface area contributed by atoms with Crippen LogP contribution in [0.1, 0.15) is 24.4 Å². The number of ether oxygens (including phenoxy) is 1. The molecule has 0 radical (unpaired) electrons. The van der Waals surface area contributed by atoms with Crippen LogP contribution >= 0.6 is 0 Å². The van der Waals surface area contributed by atoms with Gasteiger partial charge in [0.2, 0.25) is 0 Å². The molecule has 1 aromatic carbocycles. The smallest absolute Gasteiger partial charge is 0.123 e. The second-order valence-corrected chi connectivity index (χ2v) is 7.12. The van der Waals surface area contributed by atoms with Crippen LogP contribution < -0.4 is 4.74 Å². The zero-order chi connectivity index (χ0) is 16.5. The Hall–Kier alpha value is -1.85. The molecule has 4 atom stereocenters. The highest BCUT2D eigenvalue weighted by Gasteiger charge is 2.42. The number of likely N-dealkylation sites (tertiary alicyclic amines) is 1. The maximum Gasteiger partial charge on any atom is 0.123 e. The molecule has 4 rings (SSSR count). The maximum atomic E-state index is 10.5. The number of rotatable bonds is 4. The van der Waals surface area contributed by atoms with Crippen LogP contribution in [0.15, 0.2) is 42.7 Å². The Balaban J connectivity index is 1.44. The Morgan fingerprint density at radius 1 is 1.17 bits per heavy atom. The van der Waals surface area contributed by atoms with E-state index in [1.165, 1.54) is 5.56 Å². The predicted molar refractivity (Wildman–Crippen MR) is 91.8 cm³/mol. The van der Waals surface area contributed by atoms with Crippen LogP contribution in [0, 0.1) is 11.8 Å². The van der Waals surface area contributed by atoms with Gasteiger partial charge < -0.3 is 9.84 Å². The van der Waals surface area contributed by atoms with Crippen molar-refractivity contribution in [2.24, 2.45) is 11.8 Å². The van der Waals surface area contributed by atoms with Gasteiger partial charge in [-0.3, -0.25) is 9.58 Å². The SMILES string of the molecule is COc1ccccc1CN1C[C@H]2C[C@H](O)[C@@H](n3cccn3)C[C@H]2C1. The number of benzene rings is 1. The molecule has 2 aliphatic rings. The Morgan fingerprint density at radius 3 is 2.71 bits per heavy atom. The fraction of sp³-hybridized carbons (Fsp3) is 0.526. The van der Waals surface area contributed by atoms with Gasteiger partial charge in [0.05, 0.1) is 19.3 Å². The molecule has 1 aliphatic carbocycles. The van der Waals surface area contributed by atoms with Crippen LogP contribution in [-0.2, 0) is 6.54 Å². The van der Waals surface area contributed by atoms with Gasteiger partial charge in [0.25, 0.3) is 0 Å². The quantitative estimate of drug-likeness (QED) is 0.936. The first-order valence-corrected chi connectivity index (χ1v) is 8.76. The number of aliphatic hydroxyl groups is 1. The van der Waals surface area contributed by atoms with Crippen LogP contribution in [0.2, 0.25) is 0 Å². The van der Waals surface area contributed by atoms with Gasteiger partial charge in [0.15, 0.2) is 0 Å². The largest absolute Gasteiger partial charge is 0.496 e. The first-order chi connectivity index (χ1) is 11.7. The fourth-order valence-electron chi connectivity index (χ4n) is 4.47. The Labute approximate surface area is 142 Å². The van der Waals surface area contributed by atoms with Gasteiger partial charge in [-0.05, 0) is 36.8 Å². The second-order valence-electron chi connectivity index (χ2n) is 7.12. The van der Waals surface area contributed by atoms with E-state index in [2.05, 4.69) is 22.1 Å². The monoisotopic (exact) mass is 327 g/mol. The lowest BCUT2D eigenvalue weighted by Crippen LogP contribution is -2.36. The number of aliphatic hydroxyl groups excluding tert-OH is 1. The molecular formula is C19H25N3O2. The van der Waals surface area contributed by atoms with Crippen molar-refractivity contribution in [2.45, 2.75) is 31.5 Å². The summed E-state index contributed by atoms with van der Waals surface area (Å²) in [5.41, 5.74) is 1.24. The standard InChI is InChI=1S/C19H25N3O2/c1-24-19-6-3-2-5-14(19)11-21-12-15-9-17(22-8-4-7-20-22)18(23)10-16(15)13-21/h2-8,15-18,23H,9-13H2,1H3/t15-,16+,17-,18-/m0/s1. The van der Waals surface area contributed by atoms with E-state index < -0.39 is 0 Å². The molecule has 5 heteroatoms. The van der Waals surface area contributed by atoms with E-state index in [1.54, 1.807) is 13.3 Å². The summed E-state index contributed by atoms with van der Waals surface area (Å²) >= 11 is 0.